The highest BCUT2D eigenvalue weighted by Crippen LogP contribution is 2.11. The van der Waals surface area contributed by atoms with Gasteiger partial charge in [-0.25, -0.2) is 9.97 Å². The molecule has 0 amide bonds. The van der Waals surface area contributed by atoms with Gasteiger partial charge in [-0.15, -0.1) is 0 Å². The van der Waals surface area contributed by atoms with Gasteiger partial charge in [0, 0.05) is 6.54 Å². The molecule has 0 saturated heterocycles. The second-order valence-corrected chi connectivity index (χ2v) is 4.82. The van der Waals surface area contributed by atoms with Crippen LogP contribution in [0.15, 0.2) is 43.0 Å². The molecule has 0 fully saturated rings. The first-order chi connectivity index (χ1) is 9.79. The quantitative estimate of drug-likeness (QED) is 0.787. The monoisotopic (exact) mass is 267 g/mol. The molecule has 5 nitrogen and oxygen atoms in total. The summed E-state index contributed by atoms with van der Waals surface area (Å²) in [5, 5.41) is 7.89. The van der Waals surface area contributed by atoms with Crippen molar-refractivity contribution in [1.82, 2.24) is 19.1 Å². The van der Waals surface area contributed by atoms with Crippen LogP contribution in [0.25, 0.3) is 11.2 Å². The molecule has 2 heterocycles. The van der Waals surface area contributed by atoms with Crippen LogP contribution in [0.3, 0.4) is 0 Å². The zero-order chi connectivity index (χ0) is 13.9. The molecule has 20 heavy (non-hydrogen) atoms. The molecule has 3 rings (SSSR count). The largest absolute Gasteiger partial charge is 0.317 e. The summed E-state index contributed by atoms with van der Waals surface area (Å²) in [6.45, 7) is 3.76. The van der Waals surface area contributed by atoms with Crippen molar-refractivity contribution in [3.8, 4) is 0 Å². The number of imidazole rings is 1. The van der Waals surface area contributed by atoms with Crippen molar-refractivity contribution in [3.63, 3.8) is 0 Å². The third kappa shape index (κ3) is 2.22. The first-order valence-electron chi connectivity index (χ1n) is 6.78. The van der Waals surface area contributed by atoms with Gasteiger partial charge in [0.15, 0.2) is 5.49 Å². The minimum absolute atomic E-state index is 0.235. The van der Waals surface area contributed by atoms with Crippen LogP contribution in [0.4, 0.5) is 0 Å². The summed E-state index contributed by atoms with van der Waals surface area (Å²) in [4.78, 5) is 8.45. The Morgan fingerprint density at radius 3 is 2.55 bits per heavy atom. The highest BCUT2D eigenvalue weighted by molar-refractivity contribution is 5.69. The van der Waals surface area contributed by atoms with Gasteiger partial charge in [0.2, 0.25) is 0 Å². The molecule has 0 aliphatic carbocycles. The number of hydrogen-bond donors (Lipinski definition) is 1. The number of hydrogen-bond acceptors (Lipinski definition) is 3. The summed E-state index contributed by atoms with van der Waals surface area (Å²) in [7, 11) is 0. The number of aromatic nitrogens is 4. The summed E-state index contributed by atoms with van der Waals surface area (Å²) in [6, 6.07) is 10.3. The molecule has 3 aromatic rings. The van der Waals surface area contributed by atoms with Crippen LogP contribution in [-0.2, 0) is 13.1 Å². The Balaban J connectivity index is 2.11. The fourth-order valence-electron chi connectivity index (χ4n) is 2.39. The molecular weight excluding hydrogens is 250 g/mol. The van der Waals surface area contributed by atoms with Crippen molar-refractivity contribution in [2.75, 3.05) is 0 Å². The fourth-order valence-corrected chi connectivity index (χ4v) is 2.39. The van der Waals surface area contributed by atoms with Crippen molar-refractivity contribution >= 4 is 11.2 Å². The molecule has 0 radical (unpaired) electrons. The van der Waals surface area contributed by atoms with Crippen LogP contribution >= 0.6 is 0 Å². The molecule has 0 atom stereocenters. The number of nitrogens with one attached hydrogen (secondary N) is 1. The lowest BCUT2D eigenvalue weighted by Crippen LogP contribution is -2.15. The van der Waals surface area contributed by atoms with Crippen LogP contribution in [0.5, 0.6) is 0 Å². The molecule has 5 heteroatoms. The lowest BCUT2D eigenvalue weighted by molar-refractivity contribution is 0.655. The van der Waals surface area contributed by atoms with E-state index in [1.54, 1.807) is 12.7 Å². The third-order valence-electron chi connectivity index (χ3n) is 3.29. The molecule has 0 unspecified atom stereocenters. The van der Waals surface area contributed by atoms with Crippen LogP contribution in [0.1, 0.15) is 18.9 Å². The van der Waals surface area contributed by atoms with E-state index in [1.165, 1.54) is 5.56 Å². The number of fused-ring (bicyclic) bond motifs is 1. The average molecular weight is 267 g/mol. The Bertz CT molecular complexity index is 770. The van der Waals surface area contributed by atoms with Crippen molar-refractivity contribution < 1.29 is 0 Å². The predicted octanol–water partition coefficient (Wildman–Crippen LogP) is 2.17. The van der Waals surface area contributed by atoms with Gasteiger partial charge in [-0.1, -0.05) is 37.3 Å². The maximum atomic E-state index is 7.89. The van der Waals surface area contributed by atoms with E-state index in [9.17, 15) is 0 Å². The third-order valence-corrected chi connectivity index (χ3v) is 3.29. The van der Waals surface area contributed by atoms with Gasteiger partial charge < -0.3 is 9.13 Å². The Kier molecular flexibility index (Phi) is 3.33. The van der Waals surface area contributed by atoms with E-state index < -0.39 is 0 Å². The van der Waals surface area contributed by atoms with Crippen molar-refractivity contribution in [2.45, 2.75) is 26.4 Å². The number of benzene rings is 1. The topological polar surface area (TPSA) is 59.5 Å². The van der Waals surface area contributed by atoms with Crippen LogP contribution in [0, 0.1) is 5.41 Å². The minimum Gasteiger partial charge on any atom is -0.317 e. The second kappa shape index (κ2) is 5.28. The standard InChI is InChI=1S/C15H17N5/c1-2-8-19-11-18-14(16)13-15(19)20(10-17-13)9-12-6-4-3-5-7-12/h3-7,10-11,16H,2,8-9H2,1H3. The Morgan fingerprint density at radius 2 is 1.80 bits per heavy atom. The lowest BCUT2D eigenvalue weighted by atomic mass is 10.2. The van der Waals surface area contributed by atoms with Gasteiger partial charge >= 0.3 is 0 Å². The van der Waals surface area contributed by atoms with E-state index in [4.69, 9.17) is 5.41 Å². The van der Waals surface area contributed by atoms with E-state index >= 15 is 0 Å². The van der Waals surface area contributed by atoms with Gasteiger partial charge in [-0.2, -0.15) is 0 Å². The van der Waals surface area contributed by atoms with Crippen molar-refractivity contribution in [2.24, 2.45) is 0 Å². The molecule has 0 saturated carbocycles. The van der Waals surface area contributed by atoms with Crippen molar-refractivity contribution in [3.05, 3.63) is 54.0 Å². The van der Waals surface area contributed by atoms with Crippen LogP contribution < -0.4 is 5.49 Å². The number of aryl methyl sites for hydroxylation is 1. The predicted molar refractivity (Wildman–Crippen MR) is 77.2 cm³/mol. The Labute approximate surface area is 117 Å². The van der Waals surface area contributed by atoms with Gasteiger partial charge in [0.25, 0.3) is 0 Å². The highest BCUT2D eigenvalue weighted by Gasteiger charge is 2.09. The molecule has 0 aliphatic rings. The van der Waals surface area contributed by atoms with E-state index in [1.807, 2.05) is 18.2 Å². The Hall–Kier alpha value is -2.43. The van der Waals surface area contributed by atoms with Crippen LogP contribution in [0.2, 0.25) is 0 Å². The Morgan fingerprint density at radius 1 is 1.05 bits per heavy atom. The molecule has 1 aromatic carbocycles. The van der Waals surface area contributed by atoms with E-state index in [-0.39, 0.29) is 5.49 Å². The molecule has 1 N–H and O–H groups in total. The van der Waals surface area contributed by atoms with Gasteiger partial charge in [0.1, 0.15) is 11.2 Å². The molecule has 0 bridgehead atoms. The van der Waals surface area contributed by atoms with E-state index in [2.05, 4.69) is 38.2 Å². The fraction of sp³-hybridized carbons (Fsp3) is 0.267. The summed E-state index contributed by atoms with van der Waals surface area (Å²) in [6.07, 6.45) is 4.55. The number of rotatable bonds is 4. The van der Waals surface area contributed by atoms with Gasteiger partial charge in [-0.05, 0) is 12.0 Å². The summed E-state index contributed by atoms with van der Waals surface area (Å²) in [5.41, 5.74) is 3.09. The second-order valence-electron chi connectivity index (χ2n) is 4.82. The first-order valence-corrected chi connectivity index (χ1v) is 6.78. The molecule has 102 valence electrons. The van der Waals surface area contributed by atoms with Crippen molar-refractivity contribution in [1.29, 1.82) is 5.41 Å². The SMILES string of the molecule is CCCn1cnc(=N)c2ncn(Cc3ccccc3)c21. The van der Waals surface area contributed by atoms with E-state index in [0.717, 1.165) is 25.2 Å². The highest BCUT2D eigenvalue weighted by atomic mass is 15.2. The maximum Gasteiger partial charge on any atom is 0.176 e. The van der Waals surface area contributed by atoms with Gasteiger partial charge in [0.05, 0.1) is 19.2 Å². The minimum atomic E-state index is 0.235. The molecular formula is C15H17N5. The molecule has 0 spiro atoms. The first kappa shape index (κ1) is 12.6. The lowest BCUT2D eigenvalue weighted by Gasteiger charge is -2.10. The van der Waals surface area contributed by atoms with Crippen LogP contribution in [-0.4, -0.2) is 19.1 Å². The zero-order valence-corrected chi connectivity index (χ0v) is 11.5. The van der Waals surface area contributed by atoms with Gasteiger partial charge in [-0.3, -0.25) is 5.41 Å². The normalized spacial score (nSPS) is 11.1. The molecule has 2 aromatic heterocycles. The zero-order valence-electron chi connectivity index (χ0n) is 11.5. The number of nitrogens with zero attached hydrogens (tertiary/aromatic N) is 4. The summed E-state index contributed by atoms with van der Waals surface area (Å²) < 4.78 is 4.16. The summed E-state index contributed by atoms with van der Waals surface area (Å²) in [5.74, 6) is 0. The molecule has 0 aliphatic heterocycles. The smallest absolute Gasteiger partial charge is 0.176 e. The average Bonchev–Trinajstić information content (AvgIpc) is 2.88. The van der Waals surface area contributed by atoms with E-state index in [0.29, 0.717) is 5.52 Å². The summed E-state index contributed by atoms with van der Waals surface area (Å²) >= 11 is 0. The maximum absolute atomic E-state index is 7.89.